The van der Waals surface area contributed by atoms with Gasteiger partial charge in [0.05, 0.1) is 24.3 Å². The number of esters is 1. The van der Waals surface area contributed by atoms with Crippen LogP contribution in [0, 0.1) is 0 Å². The number of rotatable bonds is 5. The molecule has 0 aliphatic carbocycles. The standard InChI is InChI=1S/C20H15Cl2NO4/c1-25-16-8-4-6-13(19(16)26-2)11-15-20(24)27-17(23-15)10-9-12-5-3-7-14(21)18(12)22/h3-11H,1-2H3. The SMILES string of the molecule is COc1cccc(C=C2N=C(C=Cc3cccc(Cl)c3Cl)OC2=O)c1OC. The first kappa shape index (κ1) is 19.0. The van der Waals surface area contributed by atoms with E-state index in [0.29, 0.717) is 32.7 Å². The molecule has 5 nitrogen and oxygen atoms in total. The molecule has 27 heavy (non-hydrogen) atoms. The Morgan fingerprint density at radius 3 is 2.48 bits per heavy atom. The first-order chi connectivity index (χ1) is 13.0. The number of benzene rings is 2. The zero-order valence-electron chi connectivity index (χ0n) is 14.5. The second kappa shape index (κ2) is 8.29. The van der Waals surface area contributed by atoms with Crippen LogP contribution < -0.4 is 9.47 Å². The van der Waals surface area contributed by atoms with Crippen molar-refractivity contribution >= 4 is 47.2 Å². The fraction of sp³-hybridized carbons (Fsp3) is 0.100. The summed E-state index contributed by atoms with van der Waals surface area (Å²) in [4.78, 5) is 16.3. The number of carbonyl (C=O) groups excluding carboxylic acids is 1. The highest BCUT2D eigenvalue weighted by atomic mass is 35.5. The van der Waals surface area contributed by atoms with Crippen LogP contribution in [0.5, 0.6) is 11.5 Å². The maximum Gasteiger partial charge on any atom is 0.363 e. The second-order valence-electron chi connectivity index (χ2n) is 5.43. The monoisotopic (exact) mass is 403 g/mol. The summed E-state index contributed by atoms with van der Waals surface area (Å²) in [6.45, 7) is 0. The number of para-hydroxylation sites is 1. The van der Waals surface area contributed by atoms with E-state index < -0.39 is 5.97 Å². The molecule has 2 aromatic carbocycles. The van der Waals surface area contributed by atoms with E-state index in [9.17, 15) is 4.79 Å². The number of hydrogen-bond donors (Lipinski definition) is 0. The average molecular weight is 404 g/mol. The van der Waals surface area contributed by atoms with E-state index in [1.54, 1.807) is 61.7 Å². The van der Waals surface area contributed by atoms with Gasteiger partial charge < -0.3 is 14.2 Å². The Kier molecular flexibility index (Phi) is 5.84. The van der Waals surface area contributed by atoms with E-state index in [2.05, 4.69) is 4.99 Å². The fourth-order valence-electron chi connectivity index (χ4n) is 2.48. The van der Waals surface area contributed by atoms with Gasteiger partial charge in [-0.2, -0.15) is 0 Å². The zero-order chi connectivity index (χ0) is 19.4. The van der Waals surface area contributed by atoms with Crippen LogP contribution in [-0.4, -0.2) is 26.1 Å². The van der Waals surface area contributed by atoms with Crippen molar-refractivity contribution in [1.29, 1.82) is 0 Å². The van der Waals surface area contributed by atoms with Gasteiger partial charge in [-0.3, -0.25) is 0 Å². The van der Waals surface area contributed by atoms with Crippen molar-refractivity contribution < 1.29 is 19.0 Å². The summed E-state index contributed by atoms with van der Waals surface area (Å²) in [5.74, 6) is 0.656. The Morgan fingerprint density at radius 1 is 1.00 bits per heavy atom. The minimum Gasteiger partial charge on any atom is -0.493 e. The molecule has 0 unspecified atom stereocenters. The Labute approximate surface area is 166 Å². The van der Waals surface area contributed by atoms with E-state index in [4.69, 9.17) is 37.4 Å². The van der Waals surface area contributed by atoms with E-state index in [1.807, 2.05) is 0 Å². The van der Waals surface area contributed by atoms with Crippen molar-refractivity contribution in [3.63, 3.8) is 0 Å². The van der Waals surface area contributed by atoms with E-state index in [-0.39, 0.29) is 11.6 Å². The minimum atomic E-state index is -0.559. The van der Waals surface area contributed by atoms with Crippen molar-refractivity contribution in [2.24, 2.45) is 4.99 Å². The van der Waals surface area contributed by atoms with Crippen molar-refractivity contribution in [3.8, 4) is 11.5 Å². The number of carbonyl (C=O) groups is 1. The molecule has 1 aliphatic heterocycles. The first-order valence-electron chi connectivity index (χ1n) is 7.89. The Morgan fingerprint density at radius 2 is 1.74 bits per heavy atom. The van der Waals surface area contributed by atoms with Gasteiger partial charge in [0.1, 0.15) is 0 Å². The summed E-state index contributed by atoms with van der Waals surface area (Å²) in [6, 6.07) is 10.6. The lowest BCUT2D eigenvalue weighted by molar-refractivity contribution is -0.129. The lowest BCUT2D eigenvalue weighted by Gasteiger charge is -2.09. The normalized spacial score (nSPS) is 15.2. The molecule has 0 N–H and O–H groups in total. The smallest absolute Gasteiger partial charge is 0.363 e. The molecule has 1 aliphatic rings. The van der Waals surface area contributed by atoms with Crippen molar-refractivity contribution in [1.82, 2.24) is 0 Å². The molecule has 7 heteroatoms. The molecule has 0 bridgehead atoms. The lowest BCUT2D eigenvalue weighted by atomic mass is 10.1. The van der Waals surface area contributed by atoms with Crippen LogP contribution in [-0.2, 0) is 9.53 Å². The Hall–Kier alpha value is -2.76. The predicted molar refractivity (Wildman–Crippen MR) is 107 cm³/mol. The largest absolute Gasteiger partial charge is 0.493 e. The van der Waals surface area contributed by atoms with Gasteiger partial charge in [-0.25, -0.2) is 9.79 Å². The van der Waals surface area contributed by atoms with Crippen LogP contribution in [0.15, 0.2) is 53.2 Å². The highest BCUT2D eigenvalue weighted by Gasteiger charge is 2.22. The van der Waals surface area contributed by atoms with E-state index in [1.165, 1.54) is 7.11 Å². The van der Waals surface area contributed by atoms with Gasteiger partial charge in [0.25, 0.3) is 0 Å². The number of cyclic esters (lactones) is 1. The van der Waals surface area contributed by atoms with Gasteiger partial charge in [-0.15, -0.1) is 0 Å². The summed E-state index contributed by atoms with van der Waals surface area (Å²) in [7, 11) is 3.07. The minimum absolute atomic E-state index is 0.151. The van der Waals surface area contributed by atoms with Crippen molar-refractivity contribution in [2.45, 2.75) is 0 Å². The maximum atomic E-state index is 12.1. The third-order valence-corrected chi connectivity index (χ3v) is 4.58. The van der Waals surface area contributed by atoms with Crippen molar-refractivity contribution in [2.75, 3.05) is 14.2 Å². The van der Waals surface area contributed by atoms with E-state index >= 15 is 0 Å². The summed E-state index contributed by atoms with van der Waals surface area (Å²) in [6.07, 6.45) is 4.81. The number of hydrogen-bond acceptors (Lipinski definition) is 5. The molecule has 0 saturated carbocycles. The fourth-order valence-corrected chi connectivity index (χ4v) is 2.85. The molecule has 0 aromatic heterocycles. The highest BCUT2D eigenvalue weighted by molar-refractivity contribution is 6.42. The van der Waals surface area contributed by atoms with E-state index in [0.717, 1.165) is 0 Å². The molecule has 138 valence electrons. The molecule has 3 rings (SSSR count). The zero-order valence-corrected chi connectivity index (χ0v) is 16.0. The van der Waals surface area contributed by atoms with Crippen LogP contribution in [0.25, 0.3) is 12.2 Å². The first-order valence-corrected chi connectivity index (χ1v) is 8.64. The summed E-state index contributed by atoms with van der Waals surface area (Å²) >= 11 is 12.1. The summed E-state index contributed by atoms with van der Waals surface area (Å²) in [5, 5.41) is 0.854. The highest BCUT2D eigenvalue weighted by Crippen LogP contribution is 2.33. The molecule has 0 radical (unpaired) electrons. The second-order valence-corrected chi connectivity index (χ2v) is 6.21. The summed E-state index contributed by atoms with van der Waals surface area (Å²) < 4.78 is 15.8. The molecule has 0 amide bonds. The lowest BCUT2D eigenvalue weighted by Crippen LogP contribution is -2.01. The Balaban J connectivity index is 1.90. The number of nitrogens with zero attached hydrogens (tertiary/aromatic N) is 1. The molecular formula is C20H15Cl2NO4. The van der Waals surface area contributed by atoms with Gasteiger partial charge in [0, 0.05) is 11.6 Å². The van der Waals surface area contributed by atoms with Crippen LogP contribution in [0.4, 0.5) is 0 Å². The van der Waals surface area contributed by atoms with Crippen LogP contribution in [0.1, 0.15) is 11.1 Å². The molecule has 2 aromatic rings. The third kappa shape index (κ3) is 4.15. The topological polar surface area (TPSA) is 57.1 Å². The molecule has 0 atom stereocenters. The van der Waals surface area contributed by atoms with Gasteiger partial charge in [0.2, 0.25) is 5.90 Å². The number of halogens is 2. The van der Waals surface area contributed by atoms with Crippen LogP contribution >= 0.6 is 23.2 Å². The molecule has 0 spiro atoms. The number of methoxy groups -OCH3 is 2. The maximum absolute atomic E-state index is 12.1. The van der Waals surface area contributed by atoms with Crippen LogP contribution in [0.2, 0.25) is 10.0 Å². The molecule has 0 saturated heterocycles. The molecule has 1 heterocycles. The van der Waals surface area contributed by atoms with Gasteiger partial charge in [-0.05, 0) is 29.8 Å². The van der Waals surface area contributed by atoms with Crippen LogP contribution in [0.3, 0.4) is 0 Å². The van der Waals surface area contributed by atoms with Gasteiger partial charge in [-0.1, -0.05) is 47.5 Å². The summed E-state index contributed by atoms with van der Waals surface area (Å²) in [5.41, 5.74) is 1.49. The quantitative estimate of drug-likeness (QED) is 0.519. The third-order valence-electron chi connectivity index (χ3n) is 3.75. The molecular weight excluding hydrogens is 389 g/mol. The van der Waals surface area contributed by atoms with Gasteiger partial charge >= 0.3 is 5.97 Å². The number of ether oxygens (including phenoxy) is 3. The Bertz CT molecular complexity index is 980. The van der Waals surface area contributed by atoms with Gasteiger partial charge in [0.15, 0.2) is 17.2 Å². The van der Waals surface area contributed by atoms with Crippen molar-refractivity contribution in [3.05, 3.63) is 69.3 Å². The molecule has 0 fully saturated rings. The number of aliphatic imine (C=N–C) groups is 1. The average Bonchev–Trinajstić information content (AvgIpc) is 3.02. The predicted octanol–water partition coefficient (Wildman–Crippen LogP) is 5.02.